The summed E-state index contributed by atoms with van der Waals surface area (Å²) in [6.07, 6.45) is 5.56. The Bertz CT molecular complexity index is 1140. The fourth-order valence-corrected chi connectivity index (χ4v) is 4.86. The summed E-state index contributed by atoms with van der Waals surface area (Å²) in [7, 11) is 0. The molecule has 158 valence electrons. The van der Waals surface area contributed by atoms with Crippen molar-refractivity contribution < 1.29 is 9.59 Å². The van der Waals surface area contributed by atoms with Crippen LogP contribution < -0.4 is 5.32 Å². The number of para-hydroxylation sites is 1. The molecule has 4 rings (SSSR count). The van der Waals surface area contributed by atoms with Crippen LogP contribution in [0.15, 0.2) is 65.7 Å². The van der Waals surface area contributed by atoms with Gasteiger partial charge in [0.2, 0.25) is 5.91 Å². The van der Waals surface area contributed by atoms with Crippen LogP contribution in [-0.2, 0) is 16.0 Å². The fourth-order valence-electron chi connectivity index (χ4n) is 3.55. The molecule has 2 amide bonds. The maximum atomic E-state index is 12.7. The summed E-state index contributed by atoms with van der Waals surface area (Å²) in [5, 5.41) is 4.16. The standard InChI is InChI=1S/C24H23N3O2S2/c28-22(25-13-12-18-16-26-20-10-5-4-9-19(18)20)11-6-14-27-23(29)21(31-24(27)30)15-17-7-2-1-3-8-17/h1-5,7-10,15-16,26H,6,11-14H2,(H,25,28)/b21-15+. The number of benzene rings is 2. The van der Waals surface area contributed by atoms with E-state index in [4.69, 9.17) is 12.2 Å². The predicted molar refractivity (Wildman–Crippen MR) is 131 cm³/mol. The highest BCUT2D eigenvalue weighted by Crippen LogP contribution is 2.32. The van der Waals surface area contributed by atoms with Crippen molar-refractivity contribution in [2.24, 2.45) is 0 Å². The zero-order valence-corrected chi connectivity index (χ0v) is 18.6. The Balaban J connectivity index is 1.22. The SMILES string of the molecule is O=C(CCCN1C(=O)/C(=C\c2ccccc2)SC1=S)NCCc1c[nH]c2ccccc12. The van der Waals surface area contributed by atoms with Gasteiger partial charge in [-0.2, -0.15) is 0 Å². The Morgan fingerprint density at radius 1 is 1.13 bits per heavy atom. The number of hydrogen-bond acceptors (Lipinski definition) is 4. The Kier molecular flexibility index (Phi) is 6.84. The van der Waals surface area contributed by atoms with Crippen LogP contribution in [-0.4, -0.2) is 39.1 Å². The summed E-state index contributed by atoms with van der Waals surface area (Å²) in [5.41, 5.74) is 3.27. The molecule has 0 saturated carbocycles. The van der Waals surface area contributed by atoms with Crippen molar-refractivity contribution in [2.75, 3.05) is 13.1 Å². The first kappa shape index (κ1) is 21.3. The van der Waals surface area contributed by atoms with Crippen molar-refractivity contribution in [3.63, 3.8) is 0 Å². The van der Waals surface area contributed by atoms with Crippen LogP contribution in [0.3, 0.4) is 0 Å². The minimum Gasteiger partial charge on any atom is -0.361 e. The topological polar surface area (TPSA) is 65.2 Å². The molecule has 1 aromatic heterocycles. The molecule has 5 nitrogen and oxygen atoms in total. The number of nitrogens with one attached hydrogen (secondary N) is 2. The summed E-state index contributed by atoms with van der Waals surface area (Å²) in [6.45, 7) is 1.04. The number of thiocarbonyl (C=S) groups is 1. The third kappa shape index (κ3) is 5.24. The van der Waals surface area contributed by atoms with E-state index in [-0.39, 0.29) is 11.8 Å². The van der Waals surface area contributed by atoms with E-state index < -0.39 is 0 Å². The lowest BCUT2D eigenvalue weighted by molar-refractivity contribution is -0.123. The first-order chi connectivity index (χ1) is 15.1. The smallest absolute Gasteiger partial charge is 0.266 e. The molecular formula is C24H23N3O2S2. The molecule has 1 aliphatic heterocycles. The van der Waals surface area contributed by atoms with Crippen molar-refractivity contribution in [1.29, 1.82) is 0 Å². The van der Waals surface area contributed by atoms with Gasteiger partial charge in [-0.25, -0.2) is 0 Å². The van der Waals surface area contributed by atoms with Crippen molar-refractivity contribution in [3.8, 4) is 0 Å². The maximum Gasteiger partial charge on any atom is 0.266 e. The van der Waals surface area contributed by atoms with Gasteiger partial charge in [-0.05, 0) is 36.1 Å². The number of fused-ring (bicyclic) bond motifs is 1. The number of aromatic amines is 1. The lowest BCUT2D eigenvalue weighted by Gasteiger charge is -2.14. The molecule has 0 spiro atoms. The third-order valence-corrected chi connectivity index (χ3v) is 6.53. The first-order valence-electron chi connectivity index (χ1n) is 10.2. The number of aromatic nitrogens is 1. The van der Waals surface area contributed by atoms with E-state index in [1.165, 1.54) is 22.7 Å². The highest BCUT2D eigenvalue weighted by molar-refractivity contribution is 8.26. The molecule has 0 radical (unpaired) electrons. The van der Waals surface area contributed by atoms with E-state index in [1.54, 1.807) is 4.90 Å². The second kappa shape index (κ2) is 9.94. The molecule has 0 atom stereocenters. The Hall–Kier alpha value is -2.90. The van der Waals surface area contributed by atoms with Gasteiger partial charge in [0.1, 0.15) is 4.32 Å². The number of thioether (sulfide) groups is 1. The van der Waals surface area contributed by atoms with Gasteiger partial charge in [0, 0.05) is 36.6 Å². The second-order valence-electron chi connectivity index (χ2n) is 7.31. The van der Waals surface area contributed by atoms with E-state index in [1.807, 2.05) is 60.8 Å². The monoisotopic (exact) mass is 449 g/mol. The van der Waals surface area contributed by atoms with Gasteiger partial charge in [-0.15, -0.1) is 0 Å². The highest BCUT2D eigenvalue weighted by Gasteiger charge is 2.31. The minimum atomic E-state index is -0.0846. The molecule has 2 aromatic carbocycles. The summed E-state index contributed by atoms with van der Waals surface area (Å²) >= 11 is 6.68. The van der Waals surface area contributed by atoms with Crippen molar-refractivity contribution in [3.05, 3.63) is 76.8 Å². The average Bonchev–Trinajstić information content (AvgIpc) is 3.30. The molecule has 2 heterocycles. The number of amides is 2. The molecule has 0 bridgehead atoms. The number of H-pyrrole nitrogens is 1. The number of hydrogen-bond donors (Lipinski definition) is 2. The van der Waals surface area contributed by atoms with Crippen LogP contribution in [0.25, 0.3) is 17.0 Å². The molecule has 1 aliphatic rings. The van der Waals surface area contributed by atoms with Gasteiger partial charge in [0.05, 0.1) is 4.91 Å². The molecular weight excluding hydrogens is 426 g/mol. The van der Waals surface area contributed by atoms with E-state index in [0.717, 1.165) is 17.5 Å². The zero-order valence-electron chi connectivity index (χ0n) is 17.0. The Morgan fingerprint density at radius 3 is 2.74 bits per heavy atom. The van der Waals surface area contributed by atoms with Gasteiger partial charge in [-0.3, -0.25) is 14.5 Å². The van der Waals surface area contributed by atoms with Gasteiger partial charge in [-0.1, -0.05) is 72.5 Å². The van der Waals surface area contributed by atoms with Crippen molar-refractivity contribution in [1.82, 2.24) is 15.2 Å². The van der Waals surface area contributed by atoms with Gasteiger partial charge < -0.3 is 10.3 Å². The molecule has 1 saturated heterocycles. The third-order valence-electron chi connectivity index (χ3n) is 5.15. The number of carbonyl (C=O) groups excluding carboxylic acids is 2. The number of nitrogens with zero attached hydrogens (tertiary/aromatic N) is 1. The highest BCUT2D eigenvalue weighted by atomic mass is 32.2. The van der Waals surface area contributed by atoms with Crippen LogP contribution in [0.4, 0.5) is 0 Å². The second-order valence-corrected chi connectivity index (χ2v) is 8.98. The van der Waals surface area contributed by atoms with Crippen LogP contribution in [0.5, 0.6) is 0 Å². The van der Waals surface area contributed by atoms with Gasteiger partial charge in [0.15, 0.2) is 0 Å². The normalized spacial score (nSPS) is 15.2. The summed E-state index contributed by atoms with van der Waals surface area (Å²) < 4.78 is 0.548. The predicted octanol–water partition coefficient (Wildman–Crippen LogP) is 4.51. The van der Waals surface area contributed by atoms with Gasteiger partial charge >= 0.3 is 0 Å². The van der Waals surface area contributed by atoms with Crippen LogP contribution in [0.1, 0.15) is 24.0 Å². The van der Waals surface area contributed by atoms with Crippen LogP contribution in [0.2, 0.25) is 0 Å². The Labute approximate surface area is 190 Å². The van der Waals surface area contributed by atoms with Crippen LogP contribution >= 0.6 is 24.0 Å². The van der Waals surface area contributed by atoms with Crippen molar-refractivity contribution >= 4 is 57.1 Å². The minimum absolute atomic E-state index is 0.00916. The van der Waals surface area contributed by atoms with E-state index >= 15 is 0 Å². The summed E-state index contributed by atoms with van der Waals surface area (Å²) in [4.78, 5) is 30.3. The summed E-state index contributed by atoms with van der Waals surface area (Å²) in [6, 6.07) is 17.8. The molecule has 1 fully saturated rings. The summed E-state index contributed by atoms with van der Waals surface area (Å²) in [5.74, 6) is -0.0938. The number of rotatable bonds is 8. The van der Waals surface area contributed by atoms with Gasteiger partial charge in [0.25, 0.3) is 5.91 Å². The zero-order chi connectivity index (χ0) is 21.6. The maximum absolute atomic E-state index is 12.7. The Morgan fingerprint density at radius 2 is 1.90 bits per heavy atom. The number of carbonyl (C=O) groups is 2. The molecule has 2 N–H and O–H groups in total. The van der Waals surface area contributed by atoms with E-state index in [0.29, 0.717) is 35.2 Å². The molecule has 0 aliphatic carbocycles. The molecule has 31 heavy (non-hydrogen) atoms. The van der Waals surface area contributed by atoms with Crippen LogP contribution in [0, 0.1) is 0 Å². The van der Waals surface area contributed by atoms with Crippen molar-refractivity contribution in [2.45, 2.75) is 19.3 Å². The average molecular weight is 450 g/mol. The quantitative estimate of drug-likeness (QED) is 0.392. The molecule has 0 unspecified atom stereocenters. The molecule has 7 heteroatoms. The lowest BCUT2D eigenvalue weighted by Crippen LogP contribution is -2.31. The fraction of sp³-hybridized carbons (Fsp3) is 0.208. The largest absolute Gasteiger partial charge is 0.361 e. The molecule has 3 aromatic rings. The van der Waals surface area contributed by atoms with E-state index in [9.17, 15) is 9.59 Å². The first-order valence-corrected chi connectivity index (χ1v) is 11.5. The van der Waals surface area contributed by atoms with E-state index in [2.05, 4.69) is 16.4 Å². The lowest BCUT2D eigenvalue weighted by atomic mass is 10.1.